The van der Waals surface area contributed by atoms with Gasteiger partial charge in [-0.1, -0.05) is 84.0 Å². The van der Waals surface area contributed by atoms with Gasteiger partial charge >= 0.3 is 5.97 Å². The Balaban J connectivity index is 0.000000568. The van der Waals surface area contributed by atoms with E-state index in [0.717, 1.165) is 12.8 Å². The molecule has 0 bridgehead atoms. The molecule has 2 aromatic carbocycles. The Hall–Kier alpha value is -3.49. The summed E-state index contributed by atoms with van der Waals surface area (Å²) >= 11 is 0. The number of phenols is 1. The summed E-state index contributed by atoms with van der Waals surface area (Å²) in [4.78, 5) is 31.4. The van der Waals surface area contributed by atoms with Crippen molar-refractivity contribution in [3.63, 3.8) is 0 Å². The monoisotopic (exact) mass is 516 g/mol. The molecule has 9 heteroatoms. The van der Waals surface area contributed by atoms with Crippen molar-refractivity contribution >= 4 is 17.3 Å². The van der Waals surface area contributed by atoms with Crippen LogP contribution in [0.2, 0.25) is 0 Å². The molecule has 2 aromatic rings. The summed E-state index contributed by atoms with van der Waals surface area (Å²) in [5, 5.41) is 29.3. The van der Waals surface area contributed by atoms with E-state index in [9.17, 15) is 25.0 Å². The van der Waals surface area contributed by atoms with Gasteiger partial charge in [-0.3, -0.25) is 25.0 Å². The molecule has 0 aliphatic rings. The molecule has 37 heavy (non-hydrogen) atoms. The minimum atomic E-state index is -0.514. The van der Waals surface area contributed by atoms with Gasteiger partial charge < -0.3 is 9.84 Å². The van der Waals surface area contributed by atoms with E-state index in [1.165, 1.54) is 119 Å². The zero-order valence-electron chi connectivity index (χ0n) is 21.8. The Morgan fingerprint density at radius 3 is 1.46 bits per heavy atom. The van der Waals surface area contributed by atoms with E-state index in [0.29, 0.717) is 12.2 Å². The Morgan fingerprint density at radius 2 is 1.05 bits per heavy atom. The number of phenolic OH excluding ortho intramolecular Hbond substituents is 1. The molecule has 0 radical (unpaired) electrons. The molecule has 204 valence electrons. The smallest absolute Gasteiger partial charge is 0.311 e. The number of hydrogen-bond donors (Lipinski definition) is 1. The SMILES string of the molecule is CCCCCCCCCCCCCCCC(=O)Oc1ccc([N+](=O)[O-])cc1.O=[N+]([O-])c1ccc(O)cc1. The normalized spacial score (nSPS) is 10.3. The van der Waals surface area contributed by atoms with Crippen molar-refractivity contribution < 1.29 is 24.5 Å². The maximum Gasteiger partial charge on any atom is 0.311 e. The molecular weight excluding hydrogens is 476 g/mol. The molecule has 0 aromatic heterocycles. The van der Waals surface area contributed by atoms with Crippen LogP contribution in [0.5, 0.6) is 11.5 Å². The molecule has 2 rings (SSSR count). The van der Waals surface area contributed by atoms with Crippen LogP contribution in [0.4, 0.5) is 11.4 Å². The number of carbonyl (C=O) groups excluding carboxylic acids is 1. The first-order valence-electron chi connectivity index (χ1n) is 13.2. The number of nitro benzene ring substituents is 2. The van der Waals surface area contributed by atoms with Gasteiger partial charge in [0.25, 0.3) is 11.4 Å². The number of carbonyl (C=O) groups is 1. The zero-order chi connectivity index (χ0) is 27.3. The predicted molar refractivity (Wildman–Crippen MR) is 144 cm³/mol. The molecule has 0 fully saturated rings. The number of nitrogens with zero attached hydrogens (tertiary/aromatic N) is 2. The number of nitro groups is 2. The average Bonchev–Trinajstić information content (AvgIpc) is 2.88. The van der Waals surface area contributed by atoms with Crippen molar-refractivity contribution in [3.05, 3.63) is 68.8 Å². The van der Waals surface area contributed by atoms with Crippen LogP contribution in [0.3, 0.4) is 0 Å². The molecule has 1 N–H and O–H groups in total. The predicted octanol–water partition coefficient (Wildman–Crippen LogP) is 8.28. The third-order valence-electron chi connectivity index (χ3n) is 5.82. The molecule has 0 saturated carbocycles. The second-order valence-electron chi connectivity index (χ2n) is 8.99. The Morgan fingerprint density at radius 1 is 0.676 bits per heavy atom. The zero-order valence-corrected chi connectivity index (χ0v) is 21.8. The van der Waals surface area contributed by atoms with E-state index in [1.54, 1.807) is 0 Å². The molecule has 0 spiro atoms. The Bertz CT molecular complexity index is 915. The van der Waals surface area contributed by atoms with Crippen molar-refractivity contribution in [2.24, 2.45) is 0 Å². The van der Waals surface area contributed by atoms with Crippen LogP contribution >= 0.6 is 0 Å². The van der Waals surface area contributed by atoms with Crippen LogP contribution in [0, 0.1) is 20.2 Å². The molecule has 0 aliphatic carbocycles. The summed E-state index contributed by atoms with van der Waals surface area (Å²) in [7, 11) is 0. The molecule has 0 unspecified atom stereocenters. The van der Waals surface area contributed by atoms with Crippen molar-refractivity contribution in [3.8, 4) is 11.5 Å². The second kappa shape index (κ2) is 19.7. The first kappa shape index (κ1) is 31.5. The van der Waals surface area contributed by atoms with Gasteiger partial charge in [-0.05, 0) is 30.7 Å². The number of hydrogen-bond acceptors (Lipinski definition) is 7. The lowest BCUT2D eigenvalue weighted by molar-refractivity contribution is -0.385. The number of unbranched alkanes of at least 4 members (excludes halogenated alkanes) is 12. The molecule has 0 saturated heterocycles. The maximum absolute atomic E-state index is 11.8. The van der Waals surface area contributed by atoms with Crippen LogP contribution in [0.15, 0.2) is 48.5 Å². The number of non-ortho nitro benzene ring substituents is 2. The summed E-state index contributed by atoms with van der Waals surface area (Å²) in [6.45, 7) is 2.25. The van der Waals surface area contributed by atoms with Crippen LogP contribution in [0.1, 0.15) is 96.8 Å². The van der Waals surface area contributed by atoms with Gasteiger partial charge in [0.1, 0.15) is 11.5 Å². The molecular formula is C28H40N2O7. The first-order valence-corrected chi connectivity index (χ1v) is 13.2. The minimum Gasteiger partial charge on any atom is -0.508 e. The van der Waals surface area contributed by atoms with Crippen LogP contribution < -0.4 is 4.74 Å². The Kier molecular flexibility index (Phi) is 16.8. The second-order valence-corrected chi connectivity index (χ2v) is 8.99. The highest BCUT2D eigenvalue weighted by molar-refractivity contribution is 5.72. The average molecular weight is 517 g/mol. The van der Waals surface area contributed by atoms with E-state index in [-0.39, 0.29) is 23.1 Å². The number of rotatable bonds is 17. The van der Waals surface area contributed by atoms with Crippen molar-refractivity contribution in [1.29, 1.82) is 0 Å². The summed E-state index contributed by atoms with van der Waals surface area (Å²) in [6, 6.07) is 10.6. The third kappa shape index (κ3) is 16.0. The molecule has 0 amide bonds. The van der Waals surface area contributed by atoms with Gasteiger partial charge in [0.15, 0.2) is 0 Å². The summed E-state index contributed by atoms with van der Waals surface area (Å²) in [5.41, 5.74) is -0.0240. The van der Waals surface area contributed by atoms with Crippen LogP contribution in [-0.4, -0.2) is 20.9 Å². The quantitative estimate of drug-likeness (QED) is 0.0735. The summed E-state index contributed by atoms with van der Waals surface area (Å²) in [6.07, 6.45) is 16.9. The largest absolute Gasteiger partial charge is 0.508 e. The van der Waals surface area contributed by atoms with Crippen molar-refractivity contribution in [2.75, 3.05) is 0 Å². The van der Waals surface area contributed by atoms with Gasteiger partial charge in [-0.25, -0.2) is 0 Å². The van der Waals surface area contributed by atoms with Gasteiger partial charge in [-0.2, -0.15) is 0 Å². The van der Waals surface area contributed by atoms with Crippen molar-refractivity contribution in [2.45, 2.75) is 96.8 Å². The maximum atomic E-state index is 11.8. The van der Waals surface area contributed by atoms with E-state index < -0.39 is 9.85 Å². The topological polar surface area (TPSA) is 133 Å². The third-order valence-corrected chi connectivity index (χ3v) is 5.82. The van der Waals surface area contributed by atoms with Crippen LogP contribution in [0.25, 0.3) is 0 Å². The molecule has 0 heterocycles. The number of aromatic hydroxyl groups is 1. The van der Waals surface area contributed by atoms with E-state index in [2.05, 4.69) is 6.92 Å². The number of ether oxygens (including phenoxy) is 1. The highest BCUT2D eigenvalue weighted by Crippen LogP contribution is 2.19. The molecule has 9 nitrogen and oxygen atoms in total. The van der Waals surface area contributed by atoms with Crippen molar-refractivity contribution in [1.82, 2.24) is 0 Å². The molecule has 0 atom stereocenters. The number of benzene rings is 2. The lowest BCUT2D eigenvalue weighted by Gasteiger charge is -2.05. The standard InChI is InChI=1S/C22H35NO4.C6H5NO3/c1-2-3-4-5-6-7-8-9-10-11-12-13-14-15-22(24)27-21-18-16-20(17-19-21)23(25)26;8-6-3-1-5(2-4-6)7(9)10/h16-19H,2-15H2,1H3;1-4,8H. The highest BCUT2D eigenvalue weighted by atomic mass is 16.6. The number of esters is 1. The fourth-order valence-electron chi connectivity index (χ4n) is 3.68. The lowest BCUT2D eigenvalue weighted by atomic mass is 10.0. The summed E-state index contributed by atoms with van der Waals surface area (Å²) < 4.78 is 5.19. The molecule has 0 aliphatic heterocycles. The minimum absolute atomic E-state index is 0.00806. The fraction of sp³-hybridized carbons (Fsp3) is 0.536. The highest BCUT2D eigenvalue weighted by Gasteiger charge is 2.08. The van der Waals surface area contributed by atoms with E-state index in [1.807, 2.05) is 0 Å². The first-order chi connectivity index (χ1) is 17.8. The lowest BCUT2D eigenvalue weighted by Crippen LogP contribution is -2.07. The van der Waals surface area contributed by atoms with Gasteiger partial charge in [0.2, 0.25) is 0 Å². The van der Waals surface area contributed by atoms with Gasteiger partial charge in [-0.15, -0.1) is 0 Å². The van der Waals surface area contributed by atoms with Gasteiger partial charge in [0.05, 0.1) is 9.85 Å². The fourth-order valence-corrected chi connectivity index (χ4v) is 3.68. The van der Waals surface area contributed by atoms with Gasteiger partial charge in [0, 0.05) is 30.7 Å². The van der Waals surface area contributed by atoms with E-state index in [4.69, 9.17) is 9.84 Å². The van der Waals surface area contributed by atoms with Crippen LogP contribution in [-0.2, 0) is 4.79 Å². The Labute approximate surface area is 219 Å². The summed E-state index contributed by atoms with van der Waals surface area (Å²) in [5.74, 6) is 0.123. The van der Waals surface area contributed by atoms with E-state index >= 15 is 0 Å².